The summed E-state index contributed by atoms with van der Waals surface area (Å²) in [5, 5.41) is 8.80. The molecule has 0 amide bonds. The Balaban J connectivity index is 1.70. The molecule has 1 aromatic carbocycles. The van der Waals surface area contributed by atoms with Crippen LogP contribution in [0.2, 0.25) is 0 Å². The second-order valence-electron chi connectivity index (χ2n) is 7.56. The number of aliphatic carboxylic acids is 1. The van der Waals surface area contributed by atoms with Crippen molar-refractivity contribution >= 4 is 15.8 Å². The first-order valence-electron chi connectivity index (χ1n) is 9.37. The molecule has 8 heteroatoms. The molecule has 3 rings (SSSR count). The molecular weight excluding hydrogens is 370 g/mol. The highest BCUT2D eigenvalue weighted by molar-refractivity contribution is 7.92. The number of rotatable bonds is 8. The lowest BCUT2D eigenvalue weighted by Crippen LogP contribution is -2.40. The molecule has 1 aliphatic heterocycles. The number of sulfone groups is 1. The molecule has 0 saturated heterocycles. The number of hydrogen-bond acceptors (Lipinski definition) is 6. The van der Waals surface area contributed by atoms with Gasteiger partial charge in [-0.3, -0.25) is 9.69 Å². The summed E-state index contributed by atoms with van der Waals surface area (Å²) < 4.78 is 34.9. The van der Waals surface area contributed by atoms with Gasteiger partial charge in [0.15, 0.2) is 21.3 Å². The van der Waals surface area contributed by atoms with Crippen LogP contribution in [0.25, 0.3) is 0 Å². The molecule has 27 heavy (non-hydrogen) atoms. The molecule has 1 fully saturated rings. The molecule has 1 aromatic rings. The van der Waals surface area contributed by atoms with Gasteiger partial charge in [0.25, 0.3) is 0 Å². The van der Waals surface area contributed by atoms with Crippen LogP contribution in [0, 0.1) is 5.92 Å². The summed E-state index contributed by atoms with van der Waals surface area (Å²) in [7, 11) is -3.61. The molecule has 0 spiro atoms. The van der Waals surface area contributed by atoms with Crippen LogP contribution >= 0.6 is 0 Å². The van der Waals surface area contributed by atoms with Gasteiger partial charge in [-0.15, -0.1) is 0 Å². The molecule has 0 atom stereocenters. The van der Waals surface area contributed by atoms with Crippen molar-refractivity contribution in [2.75, 3.05) is 24.8 Å². The fourth-order valence-corrected chi connectivity index (χ4v) is 4.82. The first kappa shape index (κ1) is 19.9. The van der Waals surface area contributed by atoms with E-state index in [1.165, 1.54) is 0 Å². The Morgan fingerprint density at radius 2 is 1.89 bits per heavy atom. The van der Waals surface area contributed by atoms with Crippen LogP contribution in [0.1, 0.15) is 38.2 Å². The van der Waals surface area contributed by atoms with Crippen molar-refractivity contribution < 1.29 is 27.8 Å². The lowest BCUT2D eigenvalue weighted by Gasteiger charge is -2.36. The Labute approximate surface area is 160 Å². The Bertz CT molecular complexity index is 770. The zero-order valence-corrected chi connectivity index (χ0v) is 16.4. The van der Waals surface area contributed by atoms with Gasteiger partial charge < -0.3 is 14.6 Å². The van der Waals surface area contributed by atoms with Gasteiger partial charge in [0.05, 0.1) is 5.75 Å². The first-order valence-corrected chi connectivity index (χ1v) is 11.2. The molecule has 2 aliphatic rings. The van der Waals surface area contributed by atoms with Gasteiger partial charge in [0.2, 0.25) is 6.79 Å². The fourth-order valence-electron chi connectivity index (χ4n) is 3.79. The lowest BCUT2D eigenvalue weighted by molar-refractivity contribution is -0.134. The van der Waals surface area contributed by atoms with Crippen LogP contribution in [0.5, 0.6) is 11.5 Å². The SMILES string of the molecule is CC1CCC(N(CCS(=O)(=O)CC(=O)O)Cc2ccc3c(c2)OCO3)CC1. The minimum atomic E-state index is -3.61. The van der Waals surface area contributed by atoms with Gasteiger partial charge in [-0.25, -0.2) is 8.42 Å². The standard InChI is InChI=1S/C19H27NO6S/c1-14-2-5-16(6-3-14)20(8-9-27(23,24)12-19(21)22)11-15-4-7-17-18(10-15)26-13-25-17/h4,7,10,14,16H,2-3,5-6,8-9,11-13H2,1H3,(H,21,22). The van der Waals surface area contributed by atoms with E-state index < -0.39 is 21.6 Å². The van der Waals surface area contributed by atoms with Crippen LogP contribution < -0.4 is 9.47 Å². The van der Waals surface area contributed by atoms with E-state index in [1.54, 1.807) is 0 Å². The van der Waals surface area contributed by atoms with E-state index in [4.69, 9.17) is 14.6 Å². The van der Waals surface area contributed by atoms with Crippen molar-refractivity contribution in [2.24, 2.45) is 5.92 Å². The minimum Gasteiger partial charge on any atom is -0.480 e. The van der Waals surface area contributed by atoms with E-state index in [2.05, 4.69) is 11.8 Å². The van der Waals surface area contributed by atoms with Crippen molar-refractivity contribution in [3.8, 4) is 11.5 Å². The maximum atomic E-state index is 12.0. The molecule has 0 unspecified atom stereocenters. The topological polar surface area (TPSA) is 93.1 Å². The summed E-state index contributed by atoms with van der Waals surface area (Å²) in [5.74, 6) is -0.125. The smallest absolute Gasteiger partial charge is 0.318 e. The van der Waals surface area contributed by atoms with E-state index in [0.29, 0.717) is 30.8 Å². The number of carboxylic acid groups (broad SMARTS) is 1. The van der Waals surface area contributed by atoms with Gasteiger partial charge in [0.1, 0.15) is 5.75 Å². The number of benzene rings is 1. The van der Waals surface area contributed by atoms with E-state index in [1.807, 2.05) is 18.2 Å². The van der Waals surface area contributed by atoms with Crippen LogP contribution in [-0.4, -0.2) is 55.3 Å². The van der Waals surface area contributed by atoms with Crippen molar-refractivity contribution in [3.63, 3.8) is 0 Å². The summed E-state index contributed by atoms with van der Waals surface area (Å²) in [6.45, 7) is 3.41. The van der Waals surface area contributed by atoms with Crippen LogP contribution in [0.15, 0.2) is 18.2 Å². The van der Waals surface area contributed by atoms with Gasteiger partial charge in [0, 0.05) is 19.1 Å². The van der Waals surface area contributed by atoms with Gasteiger partial charge in [-0.2, -0.15) is 0 Å². The average molecular weight is 397 g/mol. The van der Waals surface area contributed by atoms with Crippen LogP contribution in [0.4, 0.5) is 0 Å². The van der Waals surface area contributed by atoms with E-state index in [-0.39, 0.29) is 12.5 Å². The average Bonchev–Trinajstić information content (AvgIpc) is 3.06. The minimum absolute atomic E-state index is 0.143. The summed E-state index contributed by atoms with van der Waals surface area (Å²) in [6.07, 6.45) is 4.32. The zero-order chi connectivity index (χ0) is 19.4. The van der Waals surface area contributed by atoms with Crippen LogP contribution in [0.3, 0.4) is 0 Å². The molecule has 1 N–H and O–H groups in total. The molecule has 1 heterocycles. The molecule has 1 saturated carbocycles. The van der Waals surface area contributed by atoms with E-state index in [9.17, 15) is 13.2 Å². The quantitative estimate of drug-likeness (QED) is 0.719. The molecule has 0 bridgehead atoms. The number of carbonyl (C=O) groups is 1. The van der Waals surface area contributed by atoms with Gasteiger partial charge in [-0.1, -0.05) is 13.0 Å². The third-order valence-electron chi connectivity index (χ3n) is 5.36. The summed E-state index contributed by atoms with van der Waals surface area (Å²) >= 11 is 0. The first-order chi connectivity index (χ1) is 12.8. The fraction of sp³-hybridized carbons (Fsp3) is 0.632. The number of ether oxygens (including phenoxy) is 2. The molecule has 1 aliphatic carbocycles. The molecule has 150 valence electrons. The molecular formula is C19H27NO6S. The number of hydrogen-bond donors (Lipinski definition) is 1. The third kappa shape index (κ3) is 5.59. The molecule has 0 aromatic heterocycles. The van der Waals surface area contributed by atoms with Gasteiger partial charge >= 0.3 is 5.97 Å². The predicted molar refractivity (Wildman–Crippen MR) is 101 cm³/mol. The Kier molecular flexibility index (Phi) is 6.26. The predicted octanol–water partition coefficient (Wildman–Crippen LogP) is 2.30. The highest BCUT2D eigenvalue weighted by atomic mass is 32.2. The Morgan fingerprint density at radius 3 is 2.59 bits per heavy atom. The highest BCUT2D eigenvalue weighted by Crippen LogP contribution is 2.34. The van der Waals surface area contributed by atoms with E-state index in [0.717, 1.165) is 37.0 Å². The summed E-state index contributed by atoms with van der Waals surface area (Å²) in [6, 6.07) is 6.09. The van der Waals surface area contributed by atoms with Crippen molar-refractivity contribution in [2.45, 2.75) is 45.2 Å². The van der Waals surface area contributed by atoms with Gasteiger partial charge in [-0.05, 0) is 49.3 Å². The molecule has 7 nitrogen and oxygen atoms in total. The number of fused-ring (bicyclic) bond motifs is 1. The number of carboxylic acids is 1. The second kappa shape index (κ2) is 8.48. The largest absolute Gasteiger partial charge is 0.480 e. The number of nitrogens with zero attached hydrogens (tertiary/aromatic N) is 1. The van der Waals surface area contributed by atoms with Crippen molar-refractivity contribution in [1.82, 2.24) is 4.90 Å². The lowest BCUT2D eigenvalue weighted by atomic mass is 9.86. The summed E-state index contributed by atoms with van der Waals surface area (Å²) in [5.41, 5.74) is 1.04. The monoisotopic (exact) mass is 397 g/mol. The van der Waals surface area contributed by atoms with Crippen molar-refractivity contribution in [1.29, 1.82) is 0 Å². The maximum absolute atomic E-state index is 12.0. The highest BCUT2D eigenvalue weighted by Gasteiger charge is 2.26. The van der Waals surface area contributed by atoms with Crippen molar-refractivity contribution in [3.05, 3.63) is 23.8 Å². The Morgan fingerprint density at radius 1 is 1.19 bits per heavy atom. The normalized spacial score (nSPS) is 22.1. The maximum Gasteiger partial charge on any atom is 0.318 e. The molecule has 0 radical (unpaired) electrons. The van der Waals surface area contributed by atoms with E-state index >= 15 is 0 Å². The summed E-state index contributed by atoms with van der Waals surface area (Å²) in [4.78, 5) is 13.0. The second-order valence-corrected chi connectivity index (χ2v) is 9.74. The Hall–Kier alpha value is -1.80. The third-order valence-corrected chi connectivity index (χ3v) is 6.85. The van der Waals surface area contributed by atoms with Crippen LogP contribution in [-0.2, 0) is 21.2 Å². The zero-order valence-electron chi connectivity index (χ0n) is 15.6.